The molecule has 27 heavy (non-hydrogen) atoms. The van der Waals surface area contributed by atoms with Crippen LogP contribution in [0.3, 0.4) is 0 Å². The number of carbonyl (C=O) groups is 1. The SMILES string of the molecule is O=C(c1cc2ccccc2oc1=O)N1C[C@@H]2C[C@H](C1)c1cccc(=O)n1C2. The van der Waals surface area contributed by atoms with Gasteiger partial charge in [-0.15, -0.1) is 0 Å². The van der Waals surface area contributed by atoms with E-state index in [0.29, 0.717) is 25.2 Å². The van der Waals surface area contributed by atoms with Crippen molar-refractivity contribution in [3.8, 4) is 0 Å². The summed E-state index contributed by atoms with van der Waals surface area (Å²) < 4.78 is 7.15. The van der Waals surface area contributed by atoms with Gasteiger partial charge < -0.3 is 13.9 Å². The molecule has 0 unspecified atom stereocenters. The molecule has 2 aliphatic rings. The van der Waals surface area contributed by atoms with Crippen molar-refractivity contribution in [1.82, 2.24) is 9.47 Å². The number of amides is 1. The first-order valence-electron chi connectivity index (χ1n) is 9.12. The third-order valence-corrected chi connectivity index (χ3v) is 5.64. The third kappa shape index (κ3) is 2.60. The van der Waals surface area contributed by atoms with E-state index in [4.69, 9.17) is 4.42 Å². The van der Waals surface area contributed by atoms with E-state index < -0.39 is 5.63 Å². The number of carbonyl (C=O) groups excluding carboxylic acids is 1. The molecule has 6 heteroatoms. The van der Waals surface area contributed by atoms with Crippen LogP contribution in [0.4, 0.5) is 0 Å². The van der Waals surface area contributed by atoms with E-state index in [-0.39, 0.29) is 28.9 Å². The van der Waals surface area contributed by atoms with Gasteiger partial charge in [-0.25, -0.2) is 4.79 Å². The summed E-state index contributed by atoms with van der Waals surface area (Å²) in [7, 11) is 0. The van der Waals surface area contributed by atoms with Gasteiger partial charge in [0, 0.05) is 42.7 Å². The highest BCUT2D eigenvalue weighted by Crippen LogP contribution is 2.35. The molecule has 0 aliphatic carbocycles. The van der Waals surface area contributed by atoms with Gasteiger partial charge in [-0.1, -0.05) is 24.3 Å². The fourth-order valence-electron chi connectivity index (χ4n) is 4.44. The van der Waals surface area contributed by atoms with E-state index in [9.17, 15) is 14.4 Å². The smallest absolute Gasteiger partial charge is 0.349 e. The zero-order valence-corrected chi connectivity index (χ0v) is 14.6. The topological polar surface area (TPSA) is 72.5 Å². The molecule has 1 amide bonds. The number of fused-ring (bicyclic) bond motifs is 5. The summed E-state index contributed by atoms with van der Waals surface area (Å²) >= 11 is 0. The molecule has 1 saturated heterocycles. The minimum absolute atomic E-state index is 0.0113. The highest BCUT2D eigenvalue weighted by molar-refractivity contribution is 5.96. The second-order valence-corrected chi connectivity index (χ2v) is 7.39. The summed E-state index contributed by atoms with van der Waals surface area (Å²) in [5, 5.41) is 0.731. The van der Waals surface area contributed by atoms with E-state index in [1.807, 2.05) is 22.8 Å². The van der Waals surface area contributed by atoms with Crippen molar-refractivity contribution in [3.63, 3.8) is 0 Å². The lowest BCUT2D eigenvalue weighted by Gasteiger charge is -2.42. The Balaban J connectivity index is 1.50. The van der Waals surface area contributed by atoms with Crippen molar-refractivity contribution in [2.75, 3.05) is 13.1 Å². The minimum atomic E-state index is -0.606. The maximum Gasteiger partial charge on any atom is 0.349 e. The number of hydrogen-bond acceptors (Lipinski definition) is 4. The van der Waals surface area contributed by atoms with Crippen molar-refractivity contribution in [2.24, 2.45) is 5.92 Å². The Morgan fingerprint density at radius 1 is 1.00 bits per heavy atom. The number of hydrogen-bond donors (Lipinski definition) is 0. The maximum absolute atomic E-state index is 13.1. The standard InChI is InChI=1S/C21H18N2O4/c24-19-7-3-5-17-15-8-13(11-23(17)19)10-22(12-15)20(25)16-9-14-4-1-2-6-18(14)27-21(16)26/h1-7,9,13,15H,8,10-12H2/t13-,15+/m0/s1. The lowest BCUT2D eigenvalue weighted by molar-refractivity contribution is 0.0590. The van der Waals surface area contributed by atoms with Gasteiger partial charge in [-0.05, 0) is 30.5 Å². The lowest BCUT2D eigenvalue weighted by Crippen LogP contribution is -2.49. The van der Waals surface area contributed by atoms with Gasteiger partial charge in [0.15, 0.2) is 0 Å². The van der Waals surface area contributed by atoms with E-state index in [1.165, 1.54) is 0 Å². The summed E-state index contributed by atoms with van der Waals surface area (Å²) in [4.78, 5) is 39.3. The van der Waals surface area contributed by atoms with E-state index in [0.717, 1.165) is 17.5 Å². The summed E-state index contributed by atoms with van der Waals surface area (Å²) in [5.41, 5.74) is 0.923. The summed E-state index contributed by atoms with van der Waals surface area (Å²) in [5.74, 6) is 0.0339. The number of piperidine rings is 1. The van der Waals surface area contributed by atoms with Crippen LogP contribution in [0, 0.1) is 5.92 Å². The molecule has 1 aromatic carbocycles. The van der Waals surface area contributed by atoms with Gasteiger partial charge in [0.25, 0.3) is 11.5 Å². The van der Waals surface area contributed by atoms with Crippen LogP contribution in [0.1, 0.15) is 28.4 Å². The summed E-state index contributed by atoms with van der Waals surface area (Å²) in [6.45, 7) is 1.66. The van der Waals surface area contributed by atoms with Crippen LogP contribution in [-0.2, 0) is 6.54 Å². The molecular weight excluding hydrogens is 344 g/mol. The van der Waals surface area contributed by atoms with Gasteiger partial charge in [0.2, 0.25) is 0 Å². The van der Waals surface area contributed by atoms with Crippen LogP contribution in [-0.4, -0.2) is 28.5 Å². The van der Waals surface area contributed by atoms with E-state index >= 15 is 0 Å². The Kier molecular flexibility index (Phi) is 3.53. The Morgan fingerprint density at radius 3 is 2.74 bits per heavy atom. The lowest BCUT2D eigenvalue weighted by atomic mass is 9.83. The van der Waals surface area contributed by atoms with Gasteiger partial charge >= 0.3 is 5.63 Å². The fraction of sp³-hybridized carbons (Fsp3) is 0.286. The maximum atomic E-state index is 13.1. The van der Waals surface area contributed by atoms with Crippen molar-refractivity contribution < 1.29 is 9.21 Å². The van der Waals surface area contributed by atoms with Crippen molar-refractivity contribution >= 4 is 16.9 Å². The molecule has 6 nitrogen and oxygen atoms in total. The number of nitrogens with zero attached hydrogens (tertiary/aromatic N) is 2. The average Bonchev–Trinajstić information content (AvgIpc) is 2.67. The quantitative estimate of drug-likeness (QED) is 0.622. The van der Waals surface area contributed by atoms with Crippen molar-refractivity contribution in [2.45, 2.75) is 18.9 Å². The van der Waals surface area contributed by atoms with Gasteiger partial charge in [-0.3, -0.25) is 9.59 Å². The Labute approximate surface area is 154 Å². The second kappa shape index (κ2) is 5.94. The molecular formula is C21H18N2O4. The first kappa shape index (κ1) is 16.1. The molecule has 136 valence electrons. The third-order valence-electron chi connectivity index (χ3n) is 5.64. The molecule has 2 bridgehead atoms. The van der Waals surface area contributed by atoms with Gasteiger partial charge in [0.05, 0.1) is 0 Å². The van der Waals surface area contributed by atoms with E-state index in [1.54, 1.807) is 35.2 Å². The zero-order valence-electron chi connectivity index (χ0n) is 14.6. The average molecular weight is 362 g/mol. The number of rotatable bonds is 1. The predicted octanol–water partition coefficient (Wildman–Crippen LogP) is 2.21. The van der Waals surface area contributed by atoms with E-state index in [2.05, 4.69) is 0 Å². The molecule has 3 aromatic rings. The first-order valence-corrected chi connectivity index (χ1v) is 9.12. The summed E-state index contributed by atoms with van der Waals surface area (Å²) in [6, 6.07) is 14.1. The monoisotopic (exact) mass is 362 g/mol. The van der Waals surface area contributed by atoms with Crippen LogP contribution >= 0.6 is 0 Å². The van der Waals surface area contributed by atoms with Crippen molar-refractivity contribution in [3.05, 3.63) is 80.6 Å². The zero-order chi connectivity index (χ0) is 18.5. The first-order chi connectivity index (χ1) is 13.1. The minimum Gasteiger partial charge on any atom is -0.422 e. The molecule has 0 spiro atoms. The normalized spacial score (nSPS) is 21.1. The van der Waals surface area contributed by atoms with Crippen LogP contribution in [0.25, 0.3) is 11.0 Å². The Morgan fingerprint density at radius 2 is 1.85 bits per heavy atom. The summed E-state index contributed by atoms with van der Waals surface area (Å²) in [6.07, 6.45) is 0.958. The molecule has 2 atom stereocenters. The molecule has 4 heterocycles. The van der Waals surface area contributed by atoms with Gasteiger partial charge in [0.1, 0.15) is 11.1 Å². The predicted molar refractivity (Wildman–Crippen MR) is 99.9 cm³/mol. The Hall–Kier alpha value is -3.15. The number of aromatic nitrogens is 1. The van der Waals surface area contributed by atoms with Crippen LogP contribution in [0.15, 0.2) is 62.5 Å². The second-order valence-electron chi connectivity index (χ2n) is 7.39. The Bertz CT molecular complexity index is 1180. The number of pyridine rings is 1. The highest BCUT2D eigenvalue weighted by atomic mass is 16.4. The fourth-order valence-corrected chi connectivity index (χ4v) is 4.44. The number of para-hydroxylation sites is 1. The molecule has 0 N–H and O–H groups in total. The number of likely N-dealkylation sites (tertiary alicyclic amines) is 1. The number of benzene rings is 1. The highest BCUT2D eigenvalue weighted by Gasteiger charge is 2.37. The molecule has 0 radical (unpaired) electrons. The largest absolute Gasteiger partial charge is 0.422 e. The molecule has 2 aromatic heterocycles. The van der Waals surface area contributed by atoms with Crippen molar-refractivity contribution in [1.29, 1.82) is 0 Å². The van der Waals surface area contributed by atoms with Crippen LogP contribution in [0.5, 0.6) is 0 Å². The molecule has 5 rings (SSSR count). The molecule has 2 aliphatic heterocycles. The molecule has 1 fully saturated rings. The molecule has 0 saturated carbocycles. The van der Waals surface area contributed by atoms with Crippen LogP contribution in [0.2, 0.25) is 0 Å². The van der Waals surface area contributed by atoms with Crippen LogP contribution < -0.4 is 11.2 Å². The van der Waals surface area contributed by atoms with Gasteiger partial charge in [-0.2, -0.15) is 0 Å².